The minimum absolute atomic E-state index is 0.0180. The summed E-state index contributed by atoms with van der Waals surface area (Å²) in [6, 6.07) is 0. The van der Waals surface area contributed by atoms with Crippen LogP contribution in [0.1, 0.15) is 33.1 Å². The molecule has 0 heterocycles. The molecular formula is C10H21NO2. The van der Waals surface area contributed by atoms with Gasteiger partial charge < -0.3 is 15.6 Å². The molecule has 3 heteroatoms. The minimum Gasteiger partial charge on any atom is -0.394 e. The molecule has 1 aliphatic carbocycles. The molecular weight excluding hydrogens is 166 g/mol. The summed E-state index contributed by atoms with van der Waals surface area (Å²) in [6.45, 7) is 4.75. The third-order valence-electron chi connectivity index (χ3n) is 2.43. The molecule has 13 heavy (non-hydrogen) atoms. The van der Waals surface area contributed by atoms with E-state index in [1.807, 2.05) is 13.8 Å². The van der Waals surface area contributed by atoms with E-state index in [-0.39, 0.29) is 12.7 Å². The molecule has 2 atom stereocenters. The summed E-state index contributed by atoms with van der Waals surface area (Å²) in [6.07, 6.45) is 3.50. The van der Waals surface area contributed by atoms with Crippen molar-refractivity contribution in [2.45, 2.75) is 44.8 Å². The number of aliphatic hydroxyl groups excluding tert-OH is 1. The highest BCUT2D eigenvalue weighted by atomic mass is 16.5. The SMILES string of the molecule is CC(CC(C)(N)CO)OCC1CC1. The van der Waals surface area contributed by atoms with Gasteiger partial charge in [0.2, 0.25) is 0 Å². The summed E-state index contributed by atoms with van der Waals surface area (Å²) in [5.41, 5.74) is 5.31. The Kier molecular flexibility index (Phi) is 3.71. The maximum Gasteiger partial charge on any atom is 0.0609 e. The summed E-state index contributed by atoms with van der Waals surface area (Å²) in [5, 5.41) is 8.95. The van der Waals surface area contributed by atoms with Crippen molar-refractivity contribution in [2.24, 2.45) is 11.7 Å². The molecule has 0 aliphatic heterocycles. The van der Waals surface area contributed by atoms with E-state index in [4.69, 9.17) is 15.6 Å². The second-order valence-electron chi connectivity index (χ2n) is 4.60. The van der Waals surface area contributed by atoms with Crippen LogP contribution < -0.4 is 5.73 Å². The molecule has 0 aromatic rings. The number of aliphatic hydroxyl groups is 1. The second kappa shape index (κ2) is 4.40. The Morgan fingerprint density at radius 2 is 2.23 bits per heavy atom. The van der Waals surface area contributed by atoms with Crippen LogP contribution in [0.5, 0.6) is 0 Å². The van der Waals surface area contributed by atoms with E-state index in [0.29, 0.717) is 0 Å². The highest BCUT2D eigenvalue weighted by molar-refractivity contribution is 4.80. The van der Waals surface area contributed by atoms with E-state index in [1.54, 1.807) is 0 Å². The molecule has 0 spiro atoms. The van der Waals surface area contributed by atoms with Gasteiger partial charge in [0.1, 0.15) is 0 Å². The van der Waals surface area contributed by atoms with Gasteiger partial charge in [0.05, 0.1) is 12.7 Å². The molecule has 1 saturated carbocycles. The summed E-state index contributed by atoms with van der Waals surface area (Å²) in [5.74, 6) is 0.792. The first-order valence-electron chi connectivity index (χ1n) is 5.05. The quantitative estimate of drug-likeness (QED) is 0.649. The smallest absolute Gasteiger partial charge is 0.0609 e. The lowest BCUT2D eigenvalue weighted by Crippen LogP contribution is -2.43. The Bertz CT molecular complexity index is 155. The van der Waals surface area contributed by atoms with Crippen molar-refractivity contribution in [1.29, 1.82) is 0 Å². The maximum absolute atomic E-state index is 8.95. The van der Waals surface area contributed by atoms with E-state index >= 15 is 0 Å². The van der Waals surface area contributed by atoms with Crippen molar-refractivity contribution in [3.63, 3.8) is 0 Å². The fraction of sp³-hybridized carbons (Fsp3) is 1.00. The van der Waals surface area contributed by atoms with Crippen molar-refractivity contribution in [2.75, 3.05) is 13.2 Å². The number of hydrogen-bond acceptors (Lipinski definition) is 3. The molecule has 3 nitrogen and oxygen atoms in total. The van der Waals surface area contributed by atoms with Gasteiger partial charge in [-0.3, -0.25) is 0 Å². The molecule has 0 bridgehead atoms. The van der Waals surface area contributed by atoms with Crippen molar-refractivity contribution < 1.29 is 9.84 Å². The van der Waals surface area contributed by atoms with Gasteiger partial charge in [-0.1, -0.05) is 0 Å². The first-order chi connectivity index (χ1) is 6.03. The molecule has 1 aliphatic rings. The summed E-state index contributed by atoms with van der Waals surface area (Å²) >= 11 is 0. The largest absolute Gasteiger partial charge is 0.394 e. The fourth-order valence-electron chi connectivity index (χ4n) is 1.37. The van der Waals surface area contributed by atoms with Crippen molar-refractivity contribution in [3.05, 3.63) is 0 Å². The number of ether oxygens (including phenoxy) is 1. The zero-order valence-electron chi connectivity index (χ0n) is 8.62. The Morgan fingerprint density at radius 3 is 2.69 bits per heavy atom. The summed E-state index contributed by atoms with van der Waals surface area (Å²) in [7, 11) is 0. The Balaban J connectivity index is 2.11. The van der Waals surface area contributed by atoms with Crippen LogP contribution in [0.3, 0.4) is 0 Å². The number of nitrogens with two attached hydrogens (primary N) is 1. The number of rotatable bonds is 6. The van der Waals surface area contributed by atoms with E-state index < -0.39 is 5.54 Å². The van der Waals surface area contributed by atoms with Gasteiger partial charge in [-0.2, -0.15) is 0 Å². The van der Waals surface area contributed by atoms with Crippen LogP contribution in [0.4, 0.5) is 0 Å². The van der Waals surface area contributed by atoms with E-state index in [2.05, 4.69) is 0 Å². The van der Waals surface area contributed by atoms with Gasteiger partial charge >= 0.3 is 0 Å². The van der Waals surface area contributed by atoms with Crippen LogP contribution in [-0.4, -0.2) is 30.0 Å². The molecule has 1 rings (SSSR count). The average molecular weight is 187 g/mol. The molecule has 0 aromatic carbocycles. The van der Waals surface area contributed by atoms with Gasteiger partial charge in [0.15, 0.2) is 0 Å². The molecule has 2 unspecified atom stereocenters. The second-order valence-corrected chi connectivity index (χ2v) is 4.60. The highest BCUT2D eigenvalue weighted by Gasteiger charge is 2.25. The molecule has 0 saturated heterocycles. The van der Waals surface area contributed by atoms with Crippen molar-refractivity contribution in [1.82, 2.24) is 0 Å². The first-order valence-corrected chi connectivity index (χ1v) is 5.05. The topological polar surface area (TPSA) is 55.5 Å². The van der Waals surface area contributed by atoms with Gasteiger partial charge in [0, 0.05) is 12.1 Å². The summed E-state index contributed by atoms with van der Waals surface area (Å²) < 4.78 is 5.61. The lowest BCUT2D eigenvalue weighted by Gasteiger charge is -2.25. The number of hydrogen-bond donors (Lipinski definition) is 2. The zero-order chi connectivity index (χ0) is 9.90. The maximum atomic E-state index is 8.95. The van der Waals surface area contributed by atoms with Crippen LogP contribution in [0, 0.1) is 5.92 Å². The first kappa shape index (κ1) is 11.0. The standard InChI is InChI=1S/C10H21NO2/c1-8(5-10(2,11)7-12)13-6-9-3-4-9/h8-9,12H,3-7,11H2,1-2H3. The van der Waals surface area contributed by atoms with Crippen LogP contribution in [0.2, 0.25) is 0 Å². The molecule has 0 amide bonds. The van der Waals surface area contributed by atoms with Crippen LogP contribution >= 0.6 is 0 Å². The third kappa shape index (κ3) is 4.60. The predicted molar refractivity (Wildman–Crippen MR) is 52.4 cm³/mol. The fourth-order valence-corrected chi connectivity index (χ4v) is 1.37. The van der Waals surface area contributed by atoms with Crippen LogP contribution in [0.15, 0.2) is 0 Å². The van der Waals surface area contributed by atoms with Crippen molar-refractivity contribution >= 4 is 0 Å². The predicted octanol–water partition coefficient (Wildman–Crippen LogP) is 0.901. The van der Waals surface area contributed by atoms with E-state index in [0.717, 1.165) is 18.9 Å². The average Bonchev–Trinajstić information content (AvgIpc) is 2.83. The Hall–Kier alpha value is -0.120. The van der Waals surface area contributed by atoms with Gasteiger partial charge in [-0.05, 0) is 39.0 Å². The van der Waals surface area contributed by atoms with E-state index in [1.165, 1.54) is 12.8 Å². The molecule has 1 fully saturated rings. The molecule has 0 aromatic heterocycles. The lowest BCUT2D eigenvalue weighted by atomic mass is 9.97. The highest BCUT2D eigenvalue weighted by Crippen LogP contribution is 2.29. The zero-order valence-corrected chi connectivity index (χ0v) is 8.62. The normalized spacial score (nSPS) is 24.0. The minimum atomic E-state index is -0.497. The van der Waals surface area contributed by atoms with Gasteiger partial charge in [0.25, 0.3) is 0 Å². The van der Waals surface area contributed by atoms with Crippen molar-refractivity contribution in [3.8, 4) is 0 Å². The van der Waals surface area contributed by atoms with Gasteiger partial charge in [-0.25, -0.2) is 0 Å². The third-order valence-corrected chi connectivity index (χ3v) is 2.43. The van der Waals surface area contributed by atoms with Gasteiger partial charge in [-0.15, -0.1) is 0 Å². The monoisotopic (exact) mass is 187 g/mol. The van der Waals surface area contributed by atoms with Crippen LogP contribution in [-0.2, 0) is 4.74 Å². The molecule has 0 radical (unpaired) electrons. The molecule has 78 valence electrons. The van der Waals surface area contributed by atoms with E-state index in [9.17, 15) is 0 Å². The lowest BCUT2D eigenvalue weighted by molar-refractivity contribution is 0.0306. The summed E-state index contributed by atoms with van der Waals surface area (Å²) in [4.78, 5) is 0. The Morgan fingerprint density at radius 1 is 1.62 bits per heavy atom. The molecule has 3 N–H and O–H groups in total. The Labute approximate surface area is 80.3 Å². The van der Waals surface area contributed by atoms with Crippen LogP contribution in [0.25, 0.3) is 0 Å².